The largest absolute Gasteiger partial charge is 0.389 e. The molecule has 7 heteroatoms. The van der Waals surface area contributed by atoms with Crippen molar-refractivity contribution in [3.8, 4) is 0 Å². The quantitative estimate of drug-likeness (QED) is 0.748. The van der Waals surface area contributed by atoms with E-state index in [2.05, 4.69) is 15.9 Å². The molecule has 0 radical (unpaired) electrons. The molecule has 0 aromatic carbocycles. The van der Waals surface area contributed by atoms with Gasteiger partial charge >= 0.3 is 6.18 Å². The molecule has 0 bridgehead atoms. The third kappa shape index (κ3) is 4.83. The lowest BCUT2D eigenvalue weighted by molar-refractivity contribution is -0.155. The zero-order valence-electron chi connectivity index (χ0n) is 9.47. The van der Waals surface area contributed by atoms with E-state index < -0.39 is 24.9 Å². The Balaban J connectivity index is 2.49. The fourth-order valence-corrected chi connectivity index (χ4v) is 2.04. The number of alkyl halides is 4. The average molecular weight is 318 g/mol. The van der Waals surface area contributed by atoms with E-state index in [9.17, 15) is 18.0 Å². The highest BCUT2D eigenvalue weighted by Crippen LogP contribution is 2.23. The molecule has 1 rings (SSSR count). The highest BCUT2D eigenvalue weighted by molar-refractivity contribution is 9.09. The van der Waals surface area contributed by atoms with Crippen LogP contribution < -0.4 is 0 Å². The lowest BCUT2D eigenvalue weighted by Gasteiger charge is -2.37. The van der Waals surface area contributed by atoms with Crippen molar-refractivity contribution in [3.05, 3.63) is 0 Å². The number of nitrogens with zero attached hydrogens (tertiary/aromatic N) is 1. The van der Waals surface area contributed by atoms with Gasteiger partial charge in [0.15, 0.2) is 0 Å². The van der Waals surface area contributed by atoms with Crippen molar-refractivity contribution >= 4 is 21.8 Å². The van der Waals surface area contributed by atoms with Crippen molar-refractivity contribution in [2.24, 2.45) is 0 Å². The first-order valence-corrected chi connectivity index (χ1v) is 6.49. The normalized spacial score (nSPS) is 26.1. The van der Waals surface area contributed by atoms with Crippen LogP contribution in [0.2, 0.25) is 0 Å². The molecule has 2 unspecified atom stereocenters. The van der Waals surface area contributed by atoms with Crippen molar-refractivity contribution in [2.45, 2.75) is 38.1 Å². The first-order valence-electron chi connectivity index (χ1n) is 5.37. The lowest BCUT2D eigenvalue weighted by Crippen LogP contribution is -2.51. The second-order valence-electron chi connectivity index (χ2n) is 4.12. The van der Waals surface area contributed by atoms with Gasteiger partial charge in [-0.2, -0.15) is 13.2 Å². The zero-order chi connectivity index (χ0) is 13.1. The first kappa shape index (κ1) is 14.8. The van der Waals surface area contributed by atoms with E-state index in [0.717, 1.165) is 0 Å². The fraction of sp³-hybridized carbons (Fsp3) is 0.900. The maximum atomic E-state index is 12.0. The molecular weight excluding hydrogens is 303 g/mol. The summed E-state index contributed by atoms with van der Waals surface area (Å²) in [7, 11) is 0. The van der Waals surface area contributed by atoms with E-state index in [1.165, 1.54) is 4.90 Å². The van der Waals surface area contributed by atoms with Gasteiger partial charge in [0.1, 0.15) is 0 Å². The van der Waals surface area contributed by atoms with Crippen LogP contribution in [0.3, 0.4) is 0 Å². The van der Waals surface area contributed by atoms with Gasteiger partial charge in [-0.1, -0.05) is 15.9 Å². The van der Waals surface area contributed by atoms with E-state index in [1.54, 1.807) is 6.92 Å². The van der Waals surface area contributed by atoms with Crippen molar-refractivity contribution in [1.82, 2.24) is 4.90 Å². The molecule has 0 aromatic rings. The summed E-state index contributed by atoms with van der Waals surface area (Å²) in [6.07, 6.45) is -5.96. The standard InChI is InChI=1S/C10H15BrF3NO2/c1-7-6-17-8(4-11)5-15(7)9(16)2-3-10(12,13)14/h7-8H,2-6H2,1H3. The van der Waals surface area contributed by atoms with Gasteiger partial charge in [-0.05, 0) is 6.92 Å². The summed E-state index contributed by atoms with van der Waals surface area (Å²) in [5.74, 6) is -0.455. The van der Waals surface area contributed by atoms with Crippen LogP contribution in [0.1, 0.15) is 19.8 Å². The van der Waals surface area contributed by atoms with E-state index in [-0.39, 0.29) is 12.1 Å². The summed E-state index contributed by atoms with van der Waals surface area (Å²) in [6.45, 7) is 2.49. The van der Waals surface area contributed by atoms with Crippen LogP contribution in [0.5, 0.6) is 0 Å². The number of hydrogen-bond donors (Lipinski definition) is 0. The minimum absolute atomic E-state index is 0.138. The number of morpholine rings is 1. The molecule has 0 aliphatic carbocycles. The molecule has 0 N–H and O–H groups in total. The van der Waals surface area contributed by atoms with Crippen molar-refractivity contribution in [3.63, 3.8) is 0 Å². The van der Waals surface area contributed by atoms with Crippen molar-refractivity contribution < 1.29 is 22.7 Å². The third-order valence-corrected chi connectivity index (χ3v) is 3.34. The Hall–Kier alpha value is -0.300. The minimum Gasteiger partial charge on any atom is -0.373 e. The molecule has 1 aliphatic rings. The van der Waals surface area contributed by atoms with E-state index >= 15 is 0 Å². The van der Waals surface area contributed by atoms with Gasteiger partial charge < -0.3 is 9.64 Å². The van der Waals surface area contributed by atoms with Gasteiger partial charge in [0.2, 0.25) is 5.91 Å². The summed E-state index contributed by atoms with van der Waals surface area (Å²) in [5.41, 5.74) is 0. The molecule has 2 atom stereocenters. The van der Waals surface area contributed by atoms with Crippen LogP contribution in [0.4, 0.5) is 13.2 Å². The maximum Gasteiger partial charge on any atom is 0.389 e. The smallest absolute Gasteiger partial charge is 0.373 e. The van der Waals surface area contributed by atoms with Gasteiger partial charge in [-0.15, -0.1) is 0 Å². The van der Waals surface area contributed by atoms with Gasteiger partial charge in [0.25, 0.3) is 0 Å². The number of amides is 1. The maximum absolute atomic E-state index is 12.0. The molecular formula is C10H15BrF3NO2. The molecule has 1 saturated heterocycles. The monoisotopic (exact) mass is 317 g/mol. The Morgan fingerprint density at radius 1 is 1.53 bits per heavy atom. The molecule has 1 heterocycles. The molecule has 1 aliphatic heterocycles. The van der Waals surface area contributed by atoms with Crippen LogP contribution in [0.25, 0.3) is 0 Å². The summed E-state index contributed by atoms with van der Waals surface area (Å²) in [5, 5.41) is 0.572. The molecule has 3 nitrogen and oxygen atoms in total. The number of halogens is 4. The van der Waals surface area contributed by atoms with Gasteiger partial charge in [0.05, 0.1) is 25.2 Å². The summed E-state index contributed by atoms with van der Waals surface area (Å²) in [4.78, 5) is 13.1. The van der Waals surface area contributed by atoms with Crippen LogP contribution in [-0.2, 0) is 9.53 Å². The van der Waals surface area contributed by atoms with E-state index in [0.29, 0.717) is 18.5 Å². The summed E-state index contributed by atoms with van der Waals surface area (Å²) in [6, 6.07) is -0.161. The highest BCUT2D eigenvalue weighted by Gasteiger charge is 2.33. The second kappa shape index (κ2) is 6.04. The second-order valence-corrected chi connectivity index (χ2v) is 4.77. The molecule has 17 heavy (non-hydrogen) atoms. The molecule has 1 amide bonds. The van der Waals surface area contributed by atoms with Crippen LogP contribution in [0, 0.1) is 0 Å². The number of hydrogen-bond acceptors (Lipinski definition) is 2. The number of rotatable bonds is 3. The van der Waals surface area contributed by atoms with Crippen LogP contribution in [-0.4, -0.2) is 47.6 Å². The highest BCUT2D eigenvalue weighted by atomic mass is 79.9. The first-order chi connectivity index (χ1) is 7.83. The average Bonchev–Trinajstić information content (AvgIpc) is 2.25. The number of carbonyl (C=O) groups is 1. The summed E-state index contributed by atoms with van der Waals surface area (Å²) >= 11 is 3.24. The predicted octanol–water partition coefficient (Wildman–Crippen LogP) is 2.34. The van der Waals surface area contributed by atoms with Gasteiger partial charge in [-0.25, -0.2) is 0 Å². The third-order valence-electron chi connectivity index (χ3n) is 2.62. The SMILES string of the molecule is CC1COC(CBr)CN1C(=O)CCC(F)(F)F. The molecule has 0 spiro atoms. The Morgan fingerprint density at radius 3 is 2.71 bits per heavy atom. The summed E-state index contributed by atoms with van der Waals surface area (Å²) < 4.78 is 41.5. The fourth-order valence-electron chi connectivity index (χ4n) is 1.65. The van der Waals surface area contributed by atoms with Crippen LogP contribution >= 0.6 is 15.9 Å². The Bertz CT molecular complexity index is 273. The zero-order valence-corrected chi connectivity index (χ0v) is 11.1. The van der Waals surface area contributed by atoms with Gasteiger partial charge in [-0.3, -0.25) is 4.79 Å². The molecule has 0 saturated carbocycles. The lowest BCUT2D eigenvalue weighted by atomic mass is 10.1. The topological polar surface area (TPSA) is 29.5 Å². The minimum atomic E-state index is -4.28. The predicted molar refractivity (Wildman–Crippen MR) is 60.0 cm³/mol. The van der Waals surface area contributed by atoms with E-state index in [4.69, 9.17) is 4.74 Å². The van der Waals surface area contributed by atoms with Crippen molar-refractivity contribution in [2.75, 3.05) is 18.5 Å². The number of ether oxygens (including phenoxy) is 1. The molecule has 0 aromatic heterocycles. The Labute approximate surface area is 106 Å². The Kier molecular flexibility index (Phi) is 5.24. The van der Waals surface area contributed by atoms with E-state index in [1.807, 2.05) is 0 Å². The van der Waals surface area contributed by atoms with Gasteiger partial charge in [0, 0.05) is 18.3 Å². The number of carbonyl (C=O) groups excluding carboxylic acids is 1. The molecule has 100 valence electrons. The molecule has 1 fully saturated rings. The van der Waals surface area contributed by atoms with Crippen LogP contribution in [0.15, 0.2) is 0 Å². The van der Waals surface area contributed by atoms with Crippen molar-refractivity contribution in [1.29, 1.82) is 0 Å². The Morgan fingerprint density at radius 2 is 2.18 bits per heavy atom.